The van der Waals surface area contributed by atoms with Crippen molar-refractivity contribution in [3.8, 4) is 0 Å². The van der Waals surface area contributed by atoms with E-state index in [-0.39, 0.29) is 12.0 Å². The number of hydrogen-bond acceptors (Lipinski definition) is 4. The fraction of sp³-hybridized carbons (Fsp3) is 0.833. The lowest BCUT2D eigenvalue weighted by molar-refractivity contribution is 0.113. The number of rotatable bonds is 9. The molecule has 1 heterocycles. The van der Waals surface area contributed by atoms with Crippen LogP contribution in [0.2, 0.25) is 0 Å². The molecule has 1 rings (SSSR count). The lowest BCUT2D eigenvalue weighted by atomic mass is 9.83. The Labute approximate surface area is 103 Å². The molecule has 0 bridgehead atoms. The van der Waals surface area contributed by atoms with Gasteiger partial charge in [0.15, 0.2) is 0 Å². The van der Waals surface area contributed by atoms with E-state index in [9.17, 15) is 5.11 Å². The van der Waals surface area contributed by atoms with Gasteiger partial charge in [0.05, 0.1) is 6.20 Å². The molecule has 0 aliphatic carbocycles. The number of aromatic nitrogens is 3. The molecule has 17 heavy (non-hydrogen) atoms. The second-order valence-electron chi connectivity index (χ2n) is 4.56. The van der Waals surface area contributed by atoms with Gasteiger partial charge >= 0.3 is 0 Å². The van der Waals surface area contributed by atoms with Crippen molar-refractivity contribution in [2.75, 3.05) is 19.7 Å². The first-order valence-electron chi connectivity index (χ1n) is 6.42. The summed E-state index contributed by atoms with van der Waals surface area (Å²) in [6.07, 6.45) is 6.61. The average Bonchev–Trinajstić information content (AvgIpc) is 2.88. The number of nitrogens with one attached hydrogen (secondary N) is 1. The zero-order valence-corrected chi connectivity index (χ0v) is 10.9. The van der Waals surface area contributed by atoms with Crippen LogP contribution in [0.15, 0.2) is 12.4 Å². The monoisotopic (exact) mass is 240 g/mol. The van der Waals surface area contributed by atoms with Crippen molar-refractivity contribution in [1.82, 2.24) is 20.3 Å². The van der Waals surface area contributed by atoms with Crippen LogP contribution in [0.5, 0.6) is 0 Å². The molecule has 0 saturated heterocycles. The van der Waals surface area contributed by atoms with Crippen molar-refractivity contribution < 1.29 is 5.11 Å². The van der Waals surface area contributed by atoms with Crippen molar-refractivity contribution >= 4 is 0 Å². The quantitative estimate of drug-likeness (QED) is 0.633. The minimum atomic E-state index is 0.0489. The van der Waals surface area contributed by atoms with E-state index in [2.05, 4.69) is 29.5 Å². The smallest absolute Gasteiger partial charge is 0.0692 e. The molecule has 0 fully saturated rings. The van der Waals surface area contributed by atoms with E-state index in [4.69, 9.17) is 0 Å². The number of nitrogens with zero attached hydrogens (tertiary/aromatic N) is 3. The Balaban J connectivity index is 2.14. The van der Waals surface area contributed by atoms with Crippen LogP contribution in [0.25, 0.3) is 0 Å². The van der Waals surface area contributed by atoms with E-state index in [1.807, 2.05) is 10.9 Å². The highest BCUT2D eigenvalue weighted by Crippen LogP contribution is 2.24. The number of aryl methyl sites for hydroxylation is 1. The summed E-state index contributed by atoms with van der Waals surface area (Å²) in [5, 5.41) is 20.5. The molecule has 0 aliphatic rings. The van der Waals surface area contributed by atoms with Gasteiger partial charge < -0.3 is 10.4 Å². The SMILES string of the molecule is CCC(CC)(CO)CNCCCn1ccnn1. The third-order valence-corrected chi connectivity index (χ3v) is 3.55. The molecule has 1 aromatic rings. The first-order valence-corrected chi connectivity index (χ1v) is 6.42. The molecule has 5 nitrogen and oxygen atoms in total. The summed E-state index contributed by atoms with van der Waals surface area (Å²) in [5.41, 5.74) is 0.0489. The predicted octanol–water partition coefficient (Wildman–Crippen LogP) is 1.06. The fourth-order valence-electron chi connectivity index (χ4n) is 1.85. The van der Waals surface area contributed by atoms with E-state index < -0.39 is 0 Å². The molecule has 0 aromatic carbocycles. The van der Waals surface area contributed by atoms with Gasteiger partial charge in [0.2, 0.25) is 0 Å². The Hall–Kier alpha value is -0.940. The Morgan fingerprint density at radius 2 is 2.12 bits per heavy atom. The highest BCUT2D eigenvalue weighted by Gasteiger charge is 2.24. The van der Waals surface area contributed by atoms with Gasteiger partial charge in [-0.05, 0) is 25.8 Å². The highest BCUT2D eigenvalue weighted by atomic mass is 16.3. The van der Waals surface area contributed by atoms with Crippen LogP contribution in [0.4, 0.5) is 0 Å². The summed E-state index contributed by atoms with van der Waals surface area (Å²) in [5.74, 6) is 0. The molecule has 5 heteroatoms. The Bertz CT molecular complexity index is 274. The van der Waals surface area contributed by atoms with E-state index in [0.717, 1.165) is 38.9 Å². The van der Waals surface area contributed by atoms with Crippen molar-refractivity contribution in [3.05, 3.63) is 12.4 Å². The van der Waals surface area contributed by atoms with E-state index >= 15 is 0 Å². The van der Waals surface area contributed by atoms with Crippen molar-refractivity contribution in [2.24, 2.45) is 5.41 Å². The largest absolute Gasteiger partial charge is 0.396 e. The standard InChI is InChI=1S/C12H24N4O/c1-3-12(4-2,11-17)10-13-6-5-8-16-9-7-14-15-16/h7,9,13,17H,3-6,8,10-11H2,1-2H3. The molecule has 0 radical (unpaired) electrons. The number of aliphatic hydroxyl groups excluding tert-OH is 1. The van der Waals surface area contributed by atoms with Crippen LogP contribution < -0.4 is 5.32 Å². The van der Waals surface area contributed by atoms with Crippen LogP contribution >= 0.6 is 0 Å². The summed E-state index contributed by atoms with van der Waals surface area (Å²) in [6.45, 7) is 7.25. The second-order valence-corrected chi connectivity index (χ2v) is 4.56. The molecule has 1 aromatic heterocycles. The van der Waals surface area contributed by atoms with Crippen LogP contribution in [0, 0.1) is 5.41 Å². The topological polar surface area (TPSA) is 63.0 Å². The molecule has 0 spiro atoms. The van der Waals surface area contributed by atoms with Gasteiger partial charge in [0.25, 0.3) is 0 Å². The van der Waals surface area contributed by atoms with E-state index in [0.29, 0.717) is 0 Å². The lowest BCUT2D eigenvalue weighted by Gasteiger charge is -2.29. The van der Waals surface area contributed by atoms with Gasteiger partial charge in [0, 0.05) is 31.3 Å². The van der Waals surface area contributed by atoms with Crippen molar-refractivity contribution in [1.29, 1.82) is 0 Å². The second kappa shape index (κ2) is 7.40. The Kier molecular flexibility index (Phi) is 6.15. The molecule has 0 saturated carbocycles. The zero-order chi connectivity index (χ0) is 12.6. The maximum absolute atomic E-state index is 9.42. The third kappa shape index (κ3) is 4.44. The summed E-state index contributed by atoms with van der Waals surface area (Å²) in [6, 6.07) is 0. The van der Waals surface area contributed by atoms with Gasteiger partial charge in [-0.25, -0.2) is 0 Å². The van der Waals surface area contributed by atoms with Crippen LogP contribution in [0.3, 0.4) is 0 Å². The normalized spacial score (nSPS) is 11.9. The fourth-order valence-corrected chi connectivity index (χ4v) is 1.85. The zero-order valence-electron chi connectivity index (χ0n) is 10.9. The third-order valence-electron chi connectivity index (χ3n) is 3.55. The van der Waals surface area contributed by atoms with Gasteiger partial charge in [0.1, 0.15) is 0 Å². The molecule has 98 valence electrons. The molecule has 0 aliphatic heterocycles. The van der Waals surface area contributed by atoms with Crippen molar-refractivity contribution in [3.63, 3.8) is 0 Å². The van der Waals surface area contributed by atoms with Gasteiger partial charge in [-0.15, -0.1) is 5.10 Å². The van der Waals surface area contributed by atoms with E-state index in [1.165, 1.54) is 0 Å². The van der Waals surface area contributed by atoms with Crippen LogP contribution in [0.1, 0.15) is 33.1 Å². The molecular weight excluding hydrogens is 216 g/mol. The summed E-state index contributed by atoms with van der Waals surface area (Å²) >= 11 is 0. The maximum Gasteiger partial charge on any atom is 0.0692 e. The van der Waals surface area contributed by atoms with E-state index in [1.54, 1.807) is 6.20 Å². The molecule has 0 atom stereocenters. The lowest BCUT2D eigenvalue weighted by Crippen LogP contribution is -2.37. The average molecular weight is 240 g/mol. The number of hydrogen-bond donors (Lipinski definition) is 2. The van der Waals surface area contributed by atoms with Gasteiger partial charge in [-0.3, -0.25) is 4.68 Å². The molecule has 0 amide bonds. The summed E-state index contributed by atoms with van der Waals surface area (Å²) in [7, 11) is 0. The van der Waals surface area contributed by atoms with Crippen LogP contribution in [-0.4, -0.2) is 39.8 Å². The maximum atomic E-state index is 9.42. The van der Waals surface area contributed by atoms with Gasteiger partial charge in [-0.1, -0.05) is 19.1 Å². The summed E-state index contributed by atoms with van der Waals surface area (Å²) in [4.78, 5) is 0. The Morgan fingerprint density at radius 3 is 2.65 bits per heavy atom. The highest BCUT2D eigenvalue weighted by molar-refractivity contribution is 4.78. The molecule has 0 unspecified atom stereocenters. The number of aliphatic hydroxyl groups is 1. The van der Waals surface area contributed by atoms with Crippen LogP contribution in [-0.2, 0) is 6.54 Å². The molecular formula is C12H24N4O. The predicted molar refractivity (Wildman–Crippen MR) is 67.6 cm³/mol. The van der Waals surface area contributed by atoms with Gasteiger partial charge in [-0.2, -0.15) is 0 Å². The first kappa shape index (κ1) is 14.1. The molecule has 2 N–H and O–H groups in total. The first-order chi connectivity index (χ1) is 8.26. The Morgan fingerprint density at radius 1 is 1.35 bits per heavy atom. The summed E-state index contributed by atoms with van der Waals surface area (Å²) < 4.78 is 1.83. The van der Waals surface area contributed by atoms with Crippen molar-refractivity contribution in [2.45, 2.75) is 39.7 Å². The minimum absolute atomic E-state index is 0.0489. The minimum Gasteiger partial charge on any atom is -0.396 e.